The quantitative estimate of drug-likeness (QED) is 0.202. The fourth-order valence-corrected chi connectivity index (χ4v) is 3.97. The molecule has 0 aliphatic carbocycles. The molecule has 0 saturated carbocycles. The van der Waals surface area contributed by atoms with E-state index in [9.17, 15) is 14.9 Å². The number of anilines is 1. The van der Waals surface area contributed by atoms with Gasteiger partial charge in [-0.1, -0.05) is 42.5 Å². The van der Waals surface area contributed by atoms with Crippen LogP contribution in [-0.4, -0.2) is 20.9 Å². The molecular formula is C24H18N4O4S2. The van der Waals surface area contributed by atoms with Crippen LogP contribution in [0.4, 0.5) is 10.8 Å². The fourth-order valence-electron chi connectivity index (χ4n) is 2.99. The lowest BCUT2D eigenvalue weighted by molar-refractivity contribution is -0.384. The van der Waals surface area contributed by atoms with Gasteiger partial charge in [0.1, 0.15) is 12.4 Å². The third-order valence-electron chi connectivity index (χ3n) is 4.67. The van der Waals surface area contributed by atoms with Crippen LogP contribution in [0.5, 0.6) is 5.75 Å². The number of thiazole rings is 1. The Labute approximate surface area is 204 Å². The minimum atomic E-state index is -0.457. The van der Waals surface area contributed by atoms with Crippen molar-refractivity contribution in [3.8, 4) is 17.0 Å². The normalized spacial score (nSPS) is 10.4. The highest BCUT2D eigenvalue weighted by Gasteiger charge is 2.12. The van der Waals surface area contributed by atoms with Crippen molar-refractivity contribution in [2.45, 2.75) is 6.61 Å². The molecule has 0 atom stereocenters. The van der Waals surface area contributed by atoms with Crippen LogP contribution in [0.15, 0.2) is 84.2 Å². The van der Waals surface area contributed by atoms with Gasteiger partial charge in [0.05, 0.1) is 10.6 Å². The zero-order valence-electron chi connectivity index (χ0n) is 17.6. The van der Waals surface area contributed by atoms with Gasteiger partial charge in [0.15, 0.2) is 10.2 Å². The Balaban J connectivity index is 1.31. The van der Waals surface area contributed by atoms with Gasteiger partial charge in [-0.2, -0.15) is 0 Å². The Morgan fingerprint density at radius 1 is 1.06 bits per heavy atom. The zero-order chi connectivity index (χ0) is 23.9. The van der Waals surface area contributed by atoms with E-state index in [-0.39, 0.29) is 16.7 Å². The summed E-state index contributed by atoms with van der Waals surface area (Å²) in [6, 6.07) is 22.8. The number of carbonyl (C=O) groups excluding carboxylic acids is 1. The first kappa shape index (κ1) is 23.0. The number of rotatable bonds is 7. The number of nitrogens with one attached hydrogen (secondary N) is 2. The average molecular weight is 491 g/mol. The molecule has 0 radical (unpaired) electrons. The Morgan fingerprint density at radius 3 is 2.56 bits per heavy atom. The van der Waals surface area contributed by atoms with Gasteiger partial charge in [-0.15, -0.1) is 11.3 Å². The number of nitro benzene ring substituents is 1. The predicted molar refractivity (Wildman–Crippen MR) is 135 cm³/mol. The van der Waals surface area contributed by atoms with E-state index < -0.39 is 4.92 Å². The number of benzene rings is 3. The molecule has 0 spiro atoms. The van der Waals surface area contributed by atoms with E-state index in [2.05, 4.69) is 15.6 Å². The van der Waals surface area contributed by atoms with Crippen molar-refractivity contribution in [2.75, 3.05) is 5.32 Å². The maximum absolute atomic E-state index is 12.5. The largest absolute Gasteiger partial charge is 0.489 e. The molecule has 0 fully saturated rings. The summed E-state index contributed by atoms with van der Waals surface area (Å²) >= 11 is 6.49. The summed E-state index contributed by atoms with van der Waals surface area (Å²) < 4.78 is 5.73. The molecule has 4 aromatic rings. The van der Waals surface area contributed by atoms with E-state index >= 15 is 0 Å². The summed E-state index contributed by atoms with van der Waals surface area (Å²) in [5, 5.41) is 18.8. The van der Waals surface area contributed by atoms with Gasteiger partial charge in [-0.25, -0.2) is 4.98 Å². The number of aromatic nitrogens is 1. The van der Waals surface area contributed by atoms with E-state index in [0.29, 0.717) is 34.3 Å². The molecule has 0 bridgehead atoms. The summed E-state index contributed by atoms with van der Waals surface area (Å²) in [4.78, 5) is 27.4. The molecule has 34 heavy (non-hydrogen) atoms. The molecule has 4 rings (SSSR count). The number of carbonyl (C=O) groups is 1. The lowest BCUT2D eigenvalue weighted by Crippen LogP contribution is -2.34. The number of nitro groups is 1. The first-order chi connectivity index (χ1) is 16.5. The van der Waals surface area contributed by atoms with E-state index in [1.807, 2.05) is 30.3 Å². The number of thiocarbonyl (C=S) groups is 1. The fraction of sp³-hybridized carbons (Fsp3) is 0.0417. The number of hydrogen-bond donors (Lipinski definition) is 2. The molecule has 8 nitrogen and oxygen atoms in total. The standard InChI is InChI=1S/C24H18N4O4S2/c29-22(17-9-11-20(12-10-17)32-14-16-5-2-1-3-6-16)26-23(33)27-24-25-21(15-34-24)18-7-4-8-19(13-18)28(30)31/h1-13,15H,14H2,(H2,25,26,27,29,33). The number of non-ortho nitro benzene ring substituents is 1. The average Bonchev–Trinajstić information content (AvgIpc) is 3.32. The second-order valence-electron chi connectivity index (χ2n) is 7.05. The van der Waals surface area contributed by atoms with Crippen molar-refractivity contribution in [3.63, 3.8) is 0 Å². The Hall–Kier alpha value is -4.15. The summed E-state index contributed by atoms with van der Waals surface area (Å²) in [5.41, 5.74) is 2.64. The Morgan fingerprint density at radius 2 is 1.82 bits per heavy atom. The molecule has 0 aliphatic rings. The van der Waals surface area contributed by atoms with Gasteiger partial charge in [0.2, 0.25) is 0 Å². The summed E-state index contributed by atoms with van der Waals surface area (Å²) in [6.45, 7) is 0.437. The molecule has 1 aromatic heterocycles. The highest BCUT2D eigenvalue weighted by atomic mass is 32.1. The van der Waals surface area contributed by atoms with Gasteiger partial charge in [0, 0.05) is 28.6 Å². The first-order valence-corrected chi connectivity index (χ1v) is 11.4. The molecule has 0 aliphatic heterocycles. The minimum Gasteiger partial charge on any atom is -0.489 e. The molecule has 2 N–H and O–H groups in total. The van der Waals surface area contributed by atoms with Crippen LogP contribution in [0.2, 0.25) is 0 Å². The maximum Gasteiger partial charge on any atom is 0.270 e. The minimum absolute atomic E-state index is 0.0146. The van der Waals surface area contributed by atoms with Crippen molar-refractivity contribution in [2.24, 2.45) is 0 Å². The lowest BCUT2D eigenvalue weighted by Gasteiger charge is -2.09. The third-order valence-corrected chi connectivity index (χ3v) is 5.63. The molecule has 170 valence electrons. The van der Waals surface area contributed by atoms with Crippen LogP contribution >= 0.6 is 23.6 Å². The molecule has 3 aromatic carbocycles. The topological polar surface area (TPSA) is 106 Å². The molecule has 1 heterocycles. The molecule has 1 amide bonds. The summed E-state index contributed by atoms with van der Waals surface area (Å²) in [5.74, 6) is 0.278. The van der Waals surface area contributed by atoms with Gasteiger partial charge >= 0.3 is 0 Å². The maximum atomic E-state index is 12.5. The van der Waals surface area contributed by atoms with Crippen LogP contribution in [0.3, 0.4) is 0 Å². The van der Waals surface area contributed by atoms with Gasteiger partial charge < -0.3 is 10.1 Å². The third kappa shape index (κ3) is 6.00. The van der Waals surface area contributed by atoms with Crippen molar-refractivity contribution in [3.05, 3.63) is 105 Å². The van der Waals surface area contributed by atoms with E-state index in [1.54, 1.807) is 41.8 Å². The summed E-state index contributed by atoms with van der Waals surface area (Å²) in [6.07, 6.45) is 0. The van der Waals surface area contributed by atoms with E-state index in [0.717, 1.165) is 5.56 Å². The van der Waals surface area contributed by atoms with Crippen molar-refractivity contribution in [1.82, 2.24) is 10.3 Å². The predicted octanol–water partition coefficient (Wildman–Crippen LogP) is 5.42. The van der Waals surface area contributed by atoms with Crippen LogP contribution < -0.4 is 15.4 Å². The van der Waals surface area contributed by atoms with Crippen LogP contribution in [0, 0.1) is 10.1 Å². The van der Waals surface area contributed by atoms with Gasteiger partial charge in [-0.3, -0.25) is 20.2 Å². The second-order valence-corrected chi connectivity index (χ2v) is 8.32. The number of ether oxygens (including phenoxy) is 1. The van der Waals surface area contributed by atoms with Crippen molar-refractivity contribution >= 4 is 45.4 Å². The van der Waals surface area contributed by atoms with Crippen LogP contribution in [-0.2, 0) is 6.61 Å². The van der Waals surface area contributed by atoms with E-state index in [1.165, 1.54) is 23.5 Å². The van der Waals surface area contributed by atoms with Gasteiger partial charge in [-0.05, 0) is 42.0 Å². The second kappa shape index (κ2) is 10.6. The van der Waals surface area contributed by atoms with Crippen molar-refractivity contribution in [1.29, 1.82) is 0 Å². The molecule has 0 unspecified atom stereocenters. The molecule has 0 saturated heterocycles. The number of amides is 1. The number of hydrogen-bond acceptors (Lipinski definition) is 7. The summed E-state index contributed by atoms with van der Waals surface area (Å²) in [7, 11) is 0. The zero-order valence-corrected chi connectivity index (χ0v) is 19.3. The van der Waals surface area contributed by atoms with Crippen molar-refractivity contribution < 1.29 is 14.5 Å². The molecular weight excluding hydrogens is 472 g/mol. The Bertz CT molecular complexity index is 1320. The molecule has 10 heteroatoms. The first-order valence-electron chi connectivity index (χ1n) is 10.1. The van der Waals surface area contributed by atoms with Crippen LogP contribution in [0.1, 0.15) is 15.9 Å². The highest BCUT2D eigenvalue weighted by molar-refractivity contribution is 7.80. The smallest absolute Gasteiger partial charge is 0.270 e. The highest BCUT2D eigenvalue weighted by Crippen LogP contribution is 2.27. The monoisotopic (exact) mass is 490 g/mol. The SMILES string of the molecule is O=C(NC(=S)Nc1nc(-c2cccc([N+](=O)[O-])c2)cs1)c1ccc(OCc2ccccc2)cc1. The number of nitrogens with zero attached hydrogens (tertiary/aromatic N) is 2. The Kier molecular flexibility index (Phi) is 7.21. The van der Waals surface area contributed by atoms with Gasteiger partial charge in [0.25, 0.3) is 11.6 Å². The lowest BCUT2D eigenvalue weighted by atomic mass is 10.1. The van der Waals surface area contributed by atoms with Crippen LogP contribution in [0.25, 0.3) is 11.3 Å². The van der Waals surface area contributed by atoms with E-state index in [4.69, 9.17) is 17.0 Å².